The lowest BCUT2D eigenvalue weighted by Gasteiger charge is -2.24. The maximum Gasteiger partial charge on any atom is 0.334 e. The standard InChI is InChI=1S/C21H36N6O4S/c1-14(2)19-11-18(20(31-19)15(3)4)23-21(28)24-32(29,30)27(10-9-25(7)8)17-12-22-26(13-17)16(5)6/h11-16H,9-10H2,1-8H3,(H2,23,24,28). The second kappa shape index (κ2) is 10.4. The number of carbonyl (C=O) groups excluding carboxylic acids is 1. The maximum atomic E-state index is 13.1. The lowest BCUT2D eigenvalue weighted by atomic mass is 10.1. The highest BCUT2D eigenvalue weighted by Crippen LogP contribution is 2.31. The Morgan fingerprint density at radius 3 is 2.28 bits per heavy atom. The topological polar surface area (TPSA) is 113 Å². The molecule has 2 heterocycles. The van der Waals surface area contributed by atoms with E-state index in [1.165, 1.54) is 6.20 Å². The summed E-state index contributed by atoms with van der Waals surface area (Å²) in [6.45, 7) is 12.4. The molecule has 0 atom stereocenters. The van der Waals surface area contributed by atoms with Gasteiger partial charge in [0.15, 0.2) is 0 Å². The molecule has 0 aliphatic carbocycles. The number of furan rings is 1. The number of nitrogens with zero attached hydrogens (tertiary/aromatic N) is 4. The van der Waals surface area contributed by atoms with E-state index in [0.29, 0.717) is 23.7 Å². The summed E-state index contributed by atoms with van der Waals surface area (Å²) < 4.78 is 37.1. The molecule has 0 unspecified atom stereocenters. The lowest BCUT2D eigenvalue weighted by molar-refractivity contribution is 0.256. The molecule has 2 aromatic heterocycles. The van der Waals surface area contributed by atoms with Crippen molar-refractivity contribution in [3.05, 3.63) is 30.0 Å². The SMILES string of the molecule is CC(C)c1cc(NC(=O)NS(=O)(=O)N(CCN(C)C)c2cnn(C(C)C)c2)c(C(C)C)o1. The zero-order chi connectivity index (χ0) is 24.2. The smallest absolute Gasteiger partial charge is 0.334 e. The average Bonchev–Trinajstić information content (AvgIpc) is 3.28. The average molecular weight is 469 g/mol. The highest BCUT2D eigenvalue weighted by molar-refractivity contribution is 7.91. The van der Waals surface area contributed by atoms with Gasteiger partial charge in [-0.15, -0.1) is 0 Å². The minimum atomic E-state index is -4.18. The van der Waals surface area contributed by atoms with Crippen LogP contribution in [0.3, 0.4) is 0 Å². The Hall–Kier alpha value is -2.53. The number of hydrogen-bond acceptors (Lipinski definition) is 6. The third kappa shape index (κ3) is 6.49. The molecule has 2 rings (SSSR count). The molecule has 0 aliphatic rings. The number of carbonyl (C=O) groups is 1. The monoisotopic (exact) mass is 468 g/mol. The second-order valence-corrected chi connectivity index (χ2v) is 10.5. The highest BCUT2D eigenvalue weighted by atomic mass is 32.2. The summed E-state index contributed by atoms with van der Waals surface area (Å²) in [6.07, 6.45) is 3.13. The van der Waals surface area contributed by atoms with Crippen LogP contribution in [0.25, 0.3) is 0 Å². The van der Waals surface area contributed by atoms with Crippen molar-refractivity contribution in [1.29, 1.82) is 0 Å². The largest absolute Gasteiger partial charge is 0.463 e. The van der Waals surface area contributed by atoms with Crippen LogP contribution in [0.4, 0.5) is 16.2 Å². The predicted molar refractivity (Wildman–Crippen MR) is 126 cm³/mol. The molecule has 0 radical (unpaired) electrons. The molecule has 0 saturated heterocycles. The molecule has 32 heavy (non-hydrogen) atoms. The van der Waals surface area contributed by atoms with Crippen LogP contribution in [0.2, 0.25) is 0 Å². The van der Waals surface area contributed by atoms with Gasteiger partial charge in [-0.2, -0.15) is 13.5 Å². The number of anilines is 2. The van der Waals surface area contributed by atoms with Crippen LogP contribution in [0.1, 0.15) is 70.9 Å². The molecule has 2 aromatic rings. The highest BCUT2D eigenvalue weighted by Gasteiger charge is 2.27. The molecule has 180 valence electrons. The van der Waals surface area contributed by atoms with Gasteiger partial charge < -0.3 is 14.6 Å². The Morgan fingerprint density at radius 2 is 1.78 bits per heavy atom. The Bertz CT molecular complexity index is 1010. The third-order valence-electron chi connectivity index (χ3n) is 4.79. The molecular formula is C21H36N6O4S. The van der Waals surface area contributed by atoms with Crippen molar-refractivity contribution in [2.45, 2.75) is 59.4 Å². The molecule has 0 aliphatic heterocycles. The molecule has 0 saturated carbocycles. The molecular weight excluding hydrogens is 432 g/mol. The first kappa shape index (κ1) is 25.7. The van der Waals surface area contributed by atoms with Crippen molar-refractivity contribution in [2.75, 3.05) is 36.8 Å². The van der Waals surface area contributed by atoms with E-state index in [1.54, 1.807) is 16.9 Å². The number of amides is 2. The Labute approximate surface area is 191 Å². The first-order chi connectivity index (χ1) is 14.8. The molecule has 2 amide bonds. The van der Waals surface area contributed by atoms with Gasteiger partial charge in [0.2, 0.25) is 0 Å². The molecule has 10 nitrogen and oxygen atoms in total. The summed E-state index contributed by atoms with van der Waals surface area (Å²) in [5.41, 5.74) is 0.845. The van der Waals surface area contributed by atoms with Gasteiger partial charge in [-0.1, -0.05) is 27.7 Å². The van der Waals surface area contributed by atoms with E-state index in [4.69, 9.17) is 4.42 Å². The van der Waals surface area contributed by atoms with Gasteiger partial charge >= 0.3 is 16.2 Å². The fourth-order valence-corrected chi connectivity index (χ4v) is 4.06. The fourth-order valence-electron chi connectivity index (χ4n) is 2.97. The third-order valence-corrected chi connectivity index (χ3v) is 6.21. The minimum Gasteiger partial charge on any atom is -0.463 e. The van der Waals surface area contributed by atoms with Crippen LogP contribution in [0, 0.1) is 0 Å². The van der Waals surface area contributed by atoms with Gasteiger partial charge in [-0.25, -0.2) is 13.8 Å². The molecule has 0 bridgehead atoms. The zero-order valence-electron chi connectivity index (χ0n) is 20.2. The minimum absolute atomic E-state index is 0.0212. The first-order valence-corrected chi connectivity index (χ1v) is 12.2. The van der Waals surface area contributed by atoms with Crippen LogP contribution in [0.5, 0.6) is 0 Å². The summed E-state index contributed by atoms with van der Waals surface area (Å²) >= 11 is 0. The van der Waals surface area contributed by atoms with Gasteiger partial charge in [0.05, 0.1) is 17.6 Å². The summed E-state index contributed by atoms with van der Waals surface area (Å²) in [4.78, 5) is 14.5. The van der Waals surface area contributed by atoms with E-state index in [2.05, 4.69) is 15.1 Å². The van der Waals surface area contributed by atoms with E-state index in [-0.39, 0.29) is 24.4 Å². The number of rotatable bonds is 10. The van der Waals surface area contributed by atoms with Crippen LogP contribution in [-0.4, -0.2) is 56.3 Å². The first-order valence-electron chi connectivity index (χ1n) is 10.8. The van der Waals surface area contributed by atoms with Gasteiger partial charge in [-0.3, -0.25) is 4.68 Å². The molecule has 0 fully saturated rings. The predicted octanol–water partition coefficient (Wildman–Crippen LogP) is 3.74. The van der Waals surface area contributed by atoms with E-state index >= 15 is 0 Å². The number of urea groups is 1. The normalized spacial score (nSPS) is 12.2. The van der Waals surface area contributed by atoms with Crippen molar-refractivity contribution in [2.24, 2.45) is 0 Å². The van der Waals surface area contributed by atoms with Crippen LogP contribution >= 0.6 is 0 Å². The molecule has 11 heteroatoms. The number of nitrogens with one attached hydrogen (secondary N) is 2. The summed E-state index contributed by atoms with van der Waals surface area (Å²) in [5, 5.41) is 6.87. The van der Waals surface area contributed by atoms with E-state index in [0.717, 1.165) is 10.1 Å². The van der Waals surface area contributed by atoms with Gasteiger partial charge in [-0.05, 0) is 27.9 Å². The lowest BCUT2D eigenvalue weighted by Crippen LogP contribution is -2.47. The number of likely N-dealkylation sites (N-methyl/N-ethyl adjacent to an activating group) is 1. The molecule has 0 spiro atoms. The van der Waals surface area contributed by atoms with Crippen molar-refractivity contribution >= 4 is 27.6 Å². The summed E-state index contributed by atoms with van der Waals surface area (Å²) in [6, 6.07) is 0.959. The van der Waals surface area contributed by atoms with Crippen molar-refractivity contribution in [1.82, 2.24) is 19.4 Å². The van der Waals surface area contributed by atoms with Gasteiger partial charge in [0, 0.05) is 43.2 Å². The van der Waals surface area contributed by atoms with Gasteiger partial charge in [0.1, 0.15) is 11.5 Å². The zero-order valence-corrected chi connectivity index (χ0v) is 21.0. The summed E-state index contributed by atoms with van der Waals surface area (Å²) in [5.74, 6) is 1.48. The van der Waals surface area contributed by atoms with Gasteiger partial charge in [0.25, 0.3) is 0 Å². The Morgan fingerprint density at radius 1 is 1.12 bits per heavy atom. The van der Waals surface area contributed by atoms with E-state index < -0.39 is 16.2 Å². The maximum absolute atomic E-state index is 13.1. The second-order valence-electron chi connectivity index (χ2n) is 8.95. The number of aromatic nitrogens is 2. The number of hydrogen-bond donors (Lipinski definition) is 2. The molecule has 2 N–H and O–H groups in total. The van der Waals surface area contributed by atoms with Crippen LogP contribution in [-0.2, 0) is 10.2 Å². The Balaban J connectivity index is 2.26. The van der Waals surface area contributed by atoms with Crippen molar-refractivity contribution in [3.63, 3.8) is 0 Å². The fraction of sp³-hybridized carbons (Fsp3) is 0.619. The Kier molecular flexibility index (Phi) is 8.35. The van der Waals surface area contributed by atoms with E-state index in [9.17, 15) is 13.2 Å². The van der Waals surface area contributed by atoms with Crippen molar-refractivity contribution in [3.8, 4) is 0 Å². The van der Waals surface area contributed by atoms with Crippen LogP contribution in [0.15, 0.2) is 22.9 Å². The molecule has 0 aromatic carbocycles. The van der Waals surface area contributed by atoms with Crippen molar-refractivity contribution < 1.29 is 17.6 Å². The van der Waals surface area contributed by atoms with Crippen LogP contribution < -0.4 is 14.3 Å². The quantitative estimate of drug-likeness (QED) is 0.549. The summed E-state index contributed by atoms with van der Waals surface area (Å²) in [7, 11) is -0.488. The van der Waals surface area contributed by atoms with E-state index in [1.807, 2.05) is 60.5 Å².